The first-order valence-corrected chi connectivity index (χ1v) is 7.80. The van der Waals surface area contributed by atoms with Crippen molar-refractivity contribution >= 4 is 11.8 Å². The van der Waals surface area contributed by atoms with Gasteiger partial charge in [-0.2, -0.15) is 0 Å². The molecule has 1 amide bonds. The number of hydrogen-bond acceptors (Lipinski definition) is 6. The summed E-state index contributed by atoms with van der Waals surface area (Å²) in [5.41, 5.74) is 1.79. The van der Waals surface area contributed by atoms with Gasteiger partial charge in [0.2, 0.25) is 5.90 Å². The summed E-state index contributed by atoms with van der Waals surface area (Å²) in [6.45, 7) is 6.01. The van der Waals surface area contributed by atoms with Crippen molar-refractivity contribution in [3.05, 3.63) is 42.5 Å². The van der Waals surface area contributed by atoms with Crippen LogP contribution in [0.15, 0.2) is 41.9 Å². The average molecular weight is 333 g/mol. The molecule has 2 rings (SSSR count). The maximum atomic E-state index is 12.2. The molecule has 7 nitrogen and oxygen atoms in total. The topological polar surface area (TPSA) is 106 Å². The summed E-state index contributed by atoms with van der Waals surface area (Å²) in [5.74, 6) is 5.96. The molecular formula is C17H23N3O4. The maximum absolute atomic E-state index is 12.2. The molecule has 24 heavy (non-hydrogen) atoms. The summed E-state index contributed by atoms with van der Waals surface area (Å²) in [6.07, 6.45) is 2.06. The van der Waals surface area contributed by atoms with E-state index in [-0.39, 0.29) is 6.61 Å². The van der Waals surface area contributed by atoms with Crippen LogP contribution in [0.4, 0.5) is 0 Å². The molecule has 2 atom stereocenters. The van der Waals surface area contributed by atoms with Crippen molar-refractivity contribution in [3.63, 3.8) is 0 Å². The van der Waals surface area contributed by atoms with Gasteiger partial charge >= 0.3 is 0 Å². The van der Waals surface area contributed by atoms with E-state index in [1.165, 1.54) is 0 Å². The molecule has 1 aliphatic heterocycles. The van der Waals surface area contributed by atoms with Gasteiger partial charge in [-0.15, -0.1) is 6.58 Å². The number of carbonyl (C=O) groups excluding carboxylic acids is 1. The van der Waals surface area contributed by atoms with Crippen LogP contribution >= 0.6 is 0 Å². The summed E-state index contributed by atoms with van der Waals surface area (Å²) < 4.78 is 11.3. The molecule has 0 saturated carbocycles. The summed E-state index contributed by atoms with van der Waals surface area (Å²) >= 11 is 0. The summed E-state index contributed by atoms with van der Waals surface area (Å²) in [6, 6.07) is 7.20. The van der Waals surface area contributed by atoms with Gasteiger partial charge in [0.1, 0.15) is 11.9 Å². The molecule has 0 saturated heterocycles. The lowest BCUT2D eigenvalue weighted by molar-refractivity contribution is -0.128. The van der Waals surface area contributed by atoms with E-state index in [9.17, 15) is 4.79 Å². The Bertz CT molecular complexity index is 615. The van der Waals surface area contributed by atoms with Gasteiger partial charge in [0, 0.05) is 25.0 Å². The quantitative estimate of drug-likeness (QED) is 0.216. The number of ether oxygens (including phenoxy) is 2. The van der Waals surface area contributed by atoms with Crippen molar-refractivity contribution in [2.45, 2.75) is 31.4 Å². The van der Waals surface area contributed by atoms with Crippen LogP contribution < -0.4 is 16.0 Å². The van der Waals surface area contributed by atoms with Gasteiger partial charge in [0.05, 0.1) is 6.61 Å². The zero-order valence-corrected chi connectivity index (χ0v) is 13.7. The number of hydrazine groups is 1. The summed E-state index contributed by atoms with van der Waals surface area (Å²) in [4.78, 5) is 16.7. The Labute approximate surface area is 141 Å². The van der Waals surface area contributed by atoms with E-state index < -0.39 is 17.6 Å². The fourth-order valence-corrected chi connectivity index (χ4v) is 2.53. The van der Waals surface area contributed by atoms with E-state index in [0.29, 0.717) is 31.1 Å². The van der Waals surface area contributed by atoms with Gasteiger partial charge in [0.25, 0.3) is 5.91 Å². The molecule has 0 spiro atoms. The molecule has 0 fully saturated rings. The van der Waals surface area contributed by atoms with E-state index in [1.807, 2.05) is 12.1 Å². The standard InChI is InChI=1S/C17H23N3O4/c1-3-9-17(16(22)20-18)12(2)24-15(19-17)13-5-7-14(8-6-13)23-11-4-10-21/h3,5-8,12,21H,1,4,9-11,18H2,2H3,(H,20,22)/t12-,17-/m0/s1. The maximum Gasteiger partial charge on any atom is 0.266 e. The minimum Gasteiger partial charge on any atom is -0.494 e. The van der Waals surface area contributed by atoms with Gasteiger partial charge in [-0.1, -0.05) is 6.08 Å². The first-order chi connectivity index (χ1) is 11.6. The highest BCUT2D eigenvalue weighted by Gasteiger charge is 2.49. The van der Waals surface area contributed by atoms with Gasteiger partial charge < -0.3 is 14.6 Å². The Balaban J connectivity index is 2.20. The number of aliphatic imine (C=N–C) groups is 1. The average Bonchev–Trinajstić information content (AvgIpc) is 2.93. The SMILES string of the molecule is C=CC[C@]1(C(=O)NN)N=C(c2ccc(OCCCO)cc2)O[C@H]1C. The molecule has 0 aromatic heterocycles. The lowest BCUT2D eigenvalue weighted by Crippen LogP contribution is -2.52. The first-order valence-electron chi connectivity index (χ1n) is 7.80. The highest BCUT2D eigenvalue weighted by atomic mass is 16.5. The third-order valence-corrected chi connectivity index (χ3v) is 3.91. The lowest BCUT2D eigenvalue weighted by atomic mass is 9.90. The van der Waals surface area contributed by atoms with E-state index in [2.05, 4.69) is 17.0 Å². The van der Waals surface area contributed by atoms with Crippen LogP contribution in [0.3, 0.4) is 0 Å². The van der Waals surface area contributed by atoms with Crippen molar-refractivity contribution in [2.24, 2.45) is 10.8 Å². The first kappa shape index (κ1) is 18.0. The fraction of sp³-hybridized carbons (Fsp3) is 0.412. The molecule has 1 heterocycles. The molecule has 130 valence electrons. The largest absolute Gasteiger partial charge is 0.494 e. The van der Waals surface area contributed by atoms with Crippen LogP contribution in [0.25, 0.3) is 0 Å². The highest BCUT2D eigenvalue weighted by molar-refractivity contribution is 6.00. The molecule has 1 aromatic rings. The second-order valence-corrected chi connectivity index (χ2v) is 5.52. The van der Waals surface area contributed by atoms with Crippen LogP contribution in [0, 0.1) is 0 Å². The van der Waals surface area contributed by atoms with Crippen molar-refractivity contribution in [2.75, 3.05) is 13.2 Å². The number of aliphatic hydroxyl groups excluding tert-OH is 1. The minimum absolute atomic E-state index is 0.0925. The Kier molecular flexibility index (Phi) is 5.94. The number of amides is 1. The number of benzene rings is 1. The smallest absolute Gasteiger partial charge is 0.266 e. The van der Waals surface area contributed by atoms with E-state index in [4.69, 9.17) is 20.4 Å². The predicted molar refractivity (Wildman–Crippen MR) is 90.6 cm³/mol. The lowest BCUT2D eigenvalue weighted by Gasteiger charge is -2.25. The van der Waals surface area contributed by atoms with Gasteiger partial charge in [-0.25, -0.2) is 10.8 Å². The minimum atomic E-state index is -1.11. The van der Waals surface area contributed by atoms with Crippen LogP contribution in [0.2, 0.25) is 0 Å². The van der Waals surface area contributed by atoms with E-state index in [1.54, 1.807) is 25.1 Å². The van der Waals surface area contributed by atoms with E-state index >= 15 is 0 Å². The Hall–Kier alpha value is -2.38. The van der Waals surface area contributed by atoms with Crippen molar-refractivity contribution in [1.29, 1.82) is 0 Å². The Morgan fingerprint density at radius 3 is 2.83 bits per heavy atom. The van der Waals surface area contributed by atoms with Gasteiger partial charge in [-0.3, -0.25) is 10.2 Å². The molecule has 0 aliphatic carbocycles. The molecule has 1 aromatic carbocycles. The molecule has 4 N–H and O–H groups in total. The van der Waals surface area contributed by atoms with Crippen LogP contribution in [0.1, 0.15) is 25.3 Å². The third kappa shape index (κ3) is 3.58. The third-order valence-electron chi connectivity index (χ3n) is 3.91. The fourth-order valence-electron chi connectivity index (χ4n) is 2.53. The number of rotatable bonds is 8. The number of carbonyl (C=O) groups is 1. The molecule has 1 aliphatic rings. The second-order valence-electron chi connectivity index (χ2n) is 5.52. The normalized spacial score (nSPS) is 22.5. The van der Waals surface area contributed by atoms with Crippen LogP contribution in [-0.2, 0) is 9.53 Å². The van der Waals surface area contributed by atoms with Crippen molar-refractivity contribution < 1.29 is 19.4 Å². The monoisotopic (exact) mass is 333 g/mol. The van der Waals surface area contributed by atoms with Crippen molar-refractivity contribution in [1.82, 2.24) is 5.43 Å². The Morgan fingerprint density at radius 1 is 1.54 bits per heavy atom. The molecule has 7 heteroatoms. The Morgan fingerprint density at radius 2 is 2.25 bits per heavy atom. The van der Waals surface area contributed by atoms with Crippen LogP contribution in [-0.4, -0.2) is 41.8 Å². The molecule has 0 bridgehead atoms. The number of aliphatic hydroxyl groups is 1. The number of hydrogen-bond donors (Lipinski definition) is 3. The highest BCUT2D eigenvalue weighted by Crippen LogP contribution is 2.32. The number of nitrogens with one attached hydrogen (secondary N) is 1. The molecule has 0 unspecified atom stereocenters. The van der Waals surface area contributed by atoms with E-state index in [0.717, 1.165) is 5.56 Å². The molecular weight excluding hydrogens is 310 g/mol. The van der Waals surface area contributed by atoms with Gasteiger partial charge in [0.15, 0.2) is 5.54 Å². The van der Waals surface area contributed by atoms with Crippen molar-refractivity contribution in [3.8, 4) is 5.75 Å². The summed E-state index contributed by atoms with van der Waals surface area (Å²) in [7, 11) is 0. The van der Waals surface area contributed by atoms with Gasteiger partial charge in [-0.05, 0) is 31.2 Å². The number of nitrogens with two attached hydrogens (primary N) is 1. The summed E-state index contributed by atoms with van der Waals surface area (Å²) in [5, 5.41) is 8.75. The number of nitrogens with zero attached hydrogens (tertiary/aromatic N) is 1. The zero-order chi connectivity index (χ0) is 17.6. The second kappa shape index (κ2) is 7.94. The van der Waals surface area contributed by atoms with Crippen LogP contribution in [0.5, 0.6) is 5.75 Å². The zero-order valence-electron chi connectivity index (χ0n) is 13.7. The predicted octanol–water partition coefficient (Wildman–Crippen LogP) is 0.918. The molecule has 0 radical (unpaired) electrons.